The number of carbonyl (C=O) groups excluding carboxylic acids is 2. The monoisotopic (exact) mass is 499 g/mol. The van der Waals surface area contributed by atoms with Crippen LogP contribution in [0.3, 0.4) is 0 Å². The van der Waals surface area contributed by atoms with Crippen LogP contribution >= 0.6 is 0 Å². The smallest absolute Gasteiger partial charge is 0.326 e. The van der Waals surface area contributed by atoms with Crippen LogP contribution < -0.4 is 10.9 Å². The molecule has 1 N–H and O–H groups in total. The lowest BCUT2D eigenvalue weighted by molar-refractivity contribution is -0.147. The van der Waals surface area contributed by atoms with E-state index in [4.69, 9.17) is 13.6 Å². The largest absolute Gasteiger partial charge is 0.467 e. The van der Waals surface area contributed by atoms with Crippen LogP contribution in [-0.4, -0.2) is 32.6 Å². The van der Waals surface area contributed by atoms with Crippen LogP contribution in [0.4, 0.5) is 5.82 Å². The number of ether oxygens (including phenoxy) is 1. The Morgan fingerprint density at radius 1 is 1.19 bits per heavy atom. The molecular formula is C26H21N5O6. The number of carbonyl (C=O) groups is 2. The van der Waals surface area contributed by atoms with Gasteiger partial charge in [0.05, 0.1) is 24.7 Å². The van der Waals surface area contributed by atoms with E-state index in [1.165, 1.54) is 12.6 Å². The summed E-state index contributed by atoms with van der Waals surface area (Å²) in [4.78, 5) is 42.1. The lowest BCUT2D eigenvalue weighted by atomic mass is 10.2. The number of amides is 1. The lowest BCUT2D eigenvalue weighted by Gasteiger charge is -2.12. The molecule has 4 aromatic heterocycles. The van der Waals surface area contributed by atoms with Crippen LogP contribution in [0.1, 0.15) is 22.6 Å². The van der Waals surface area contributed by atoms with E-state index in [0.717, 1.165) is 10.3 Å². The van der Waals surface area contributed by atoms with E-state index >= 15 is 0 Å². The van der Waals surface area contributed by atoms with Gasteiger partial charge in [0.2, 0.25) is 5.58 Å². The maximum absolute atomic E-state index is 12.8. The van der Waals surface area contributed by atoms with Crippen LogP contribution in [0.2, 0.25) is 0 Å². The number of benzene rings is 1. The maximum atomic E-state index is 12.8. The molecule has 37 heavy (non-hydrogen) atoms. The number of para-hydroxylation sites is 1. The van der Waals surface area contributed by atoms with Crippen LogP contribution in [0, 0.1) is 25.2 Å². The lowest BCUT2D eigenvalue weighted by Crippen LogP contribution is -2.28. The third kappa shape index (κ3) is 4.36. The van der Waals surface area contributed by atoms with Crippen molar-refractivity contribution in [1.82, 2.24) is 14.1 Å². The van der Waals surface area contributed by atoms with Gasteiger partial charge in [-0.25, -0.2) is 4.98 Å². The van der Waals surface area contributed by atoms with Gasteiger partial charge in [-0.2, -0.15) is 5.26 Å². The minimum Gasteiger partial charge on any atom is -0.467 e. The number of anilines is 1. The molecule has 0 spiro atoms. The van der Waals surface area contributed by atoms with Gasteiger partial charge in [0, 0.05) is 11.1 Å². The number of nitriles is 1. The fraction of sp³-hybridized carbons (Fsp3) is 0.192. The van der Waals surface area contributed by atoms with Gasteiger partial charge in [-0.05, 0) is 43.7 Å². The van der Waals surface area contributed by atoms with Crippen molar-refractivity contribution in [3.8, 4) is 6.07 Å². The van der Waals surface area contributed by atoms with Crippen LogP contribution in [-0.2, 0) is 27.4 Å². The van der Waals surface area contributed by atoms with Crippen LogP contribution in [0.15, 0.2) is 62.6 Å². The molecule has 0 atom stereocenters. The Kier molecular flexibility index (Phi) is 6.07. The Balaban J connectivity index is 1.28. The van der Waals surface area contributed by atoms with Crippen LogP contribution in [0.25, 0.3) is 22.1 Å². The van der Waals surface area contributed by atoms with E-state index in [1.54, 1.807) is 41.8 Å². The number of rotatable bonds is 7. The molecule has 0 bridgehead atoms. The van der Waals surface area contributed by atoms with Crippen molar-refractivity contribution in [2.24, 2.45) is 0 Å². The van der Waals surface area contributed by atoms with E-state index in [9.17, 15) is 19.6 Å². The van der Waals surface area contributed by atoms with E-state index in [1.807, 2.05) is 13.0 Å². The summed E-state index contributed by atoms with van der Waals surface area (Å²) in [6, 6.07) is 12.7. The molecule has 0 saturated carbocycles. The van der Waals surface area contributed by atoms with E-state index in [0.29, 0.717) is 39.9 Å². The van der Waals surface area contributed by atoms with Crippen molar-refractivity contribution in [2.75, 3.05) is 11.9 Å². The van der Waals surface area contributed by atoms with Crippen molar-refractivity contribution < 1.29 is 23.2 Å². The number of aromatic nitrogens is 3. The maximum Gasteiger partial charge on any atom is 0.326 e. The highest BCUT2D eigenvalue weighted by molar-refractivity contribution is 6.01. The number of furan rings is 2. The van der Waals surface area contributed by atoms with E-state index in [2.05, 4.69) is 16.4 Å². The first-order valence-electron chi connectivity index (χ1n) is 11.3. The van der Waals surface area contributed by atoms with Gasteiger partial charge in [-0.1, -0.05) is 12.1 Å². The van der Waals surface area contributed by atoms with Crippen molar-refractivity contribution >= 4 is 39.8 Å². The molecule has 0 saturated heterocycles. The van der Waals surface area contributed by atoms with Gasteiger partial charge < -0.3 is 23.5 Å². The van der Waals surface area contributed by atoms with Crippen molar-refractivity contribution in [1.29, 1.82) is 5.26 Å². The standard InChI is InChI=1S/C26H21N5O6/c1-15-16(2)31(11-17-6-5-9-35-17)25(19(15)10-27)29-21(32)13-36-22(33)12-30-14-28-23-18-7-3-4-8-20(18)37-24(23)26(30)34/h3-9,14H,11-13H2,1-2H3,(H,29,32). The Labute approximate surface area is 209 Å². The average Bonchev–Trinajstić information content (AvgIpc) is 3.59. The molecule has 1 aromatic carbocycles. The predicted octanol–water partition coefficient (Wildman–Crippen LogP) is 3.26. The first-order valence-corrected chi connectivity index (χ1v) is 11.3. The van der Waals surface area contributed by atoms with Crippen molar-refractivity contribution in [3.63, 3.8) is 0 Å². The Morgan fingerprint density at radius 3 is 2.76 bits per heavy atom. The van der Waals surface area contributed by atoms with Gasteiger partial charge in [0.15, 0.2) is 6.61 Å². The number of nitrogens with zero attached hydrogens (tertiary/aromatic N) is 4. The van der Waals surface area contributed by atoms with Gasteiger partial charge >= 0.3 is 5.97 Å². The van der Waals surface area contributed by atoms with Crippen molar-refractivity contribution in [3.05, 3.63) is 81.9 Å². The van der Waals surface area contributed by atoms with E-state index < -0.39 is 30.6 Å². The molecular weight excluding hydrogens is 478 g/mol. The molecule has 11 heteroatoms. The third-order valence-electron chi connectivity index (χ3n) is 6.11. The zero-order valence-electron chi connectivity index (χ0n) is 20.0. The first-order chi connectivity index (χ1) is 17.9. The van der Waals surface area contributed by atoms with Gasteiger partial charge in [-0.3, -0.25) is 19.0 Å². The first kappa shape index (κ1) is 23.6. The zero-order valence-corrected chi connectivity index (χ0v) is 20.0. The summed E-state index contributed by atoms with van der Waals surface area (Å²) >= 11 is 0. The molecule has 0 radical (unpaired) electrons. The predicted molar refractivity (Wildman–Crippen MR) is 132 cm³/mol. The summed E-state index contributed by atoms with van der Waals surface area (Å²) < 4.78 is 18.9. The second-order valence-electron chi connectivity index (χ2n) is 8.37. The topological polar surface area (TPSA) is 145 Å². The summed E-state index contributed by atoms with van der Waals surface area (Å²) in [6.07, 6.45) is 2.77. The molecule has 4 heterocycles. The number of hydrogen-bond acceptors (Lipinski definition) is 8. The second-order valence-corrected chi connectivity index (χ2v) is 8.37. The minimum absolute atomic E-state index is 0.0290. The summed E-state index contributed by atoms with van der Waals surface area (Å²) in [5.74, 6) is -0.523. The molecule has 186 valence electrons. The SMILES string of the molecule is Cc1c(C#N)c(NC(=O)COC(=O)Cn2cnc3c(oc4ccccc43)c2=O)n(Cc2ccco2)c1C. The molecule has 1 amide bonds. The summed E-state index contributed by atoms with van der Waals surface area (Å²) in [6.45, 7) is 2.86. The molecule has 0 aliphatic carbocycles. The van der Waals surface area contributed by atoms with Gasteiger partial charge in [0.25, 0.3) is 11.5 Å². The summed E-state index contributed by atoms with van der Waals surface area (Å²) in [5.41, 5.74) is 2.21. The van der Waals surface area contributed by atoms with Crippen molar-refractivity contribution in [2.45, 2.75) is 26.9 Å². The highest BCUT2D eigenvalue weighted by Gasteiger charge is 2.21. The molecule has 0 unspecified atom stereocenters. The van der Waals surface area contributed by atoms with Crippen LogP contribution in [0.5, 0.6) is 0 Å². The highest BCUT2D eigenvalue weighted by Crippen LogP contribution is 2.27. The summed E-state index contributed by atoms with van der Waals surface area (Å²) in [5, 5.41) is 13.0. The van der Waals surface area contributed by atoms with Gasteiger partial charge in [0.1, 0.15) is 35.3 Å². The summed E-state index contributed by atoms with van der Waals surface area (Å²) in [7, 11) is 0. The quantitative estimate of drug-likeness (QED) is 0.336. The zero-order chi connectivity index (χ0) is 26.1. The number of hydrogen-bond donors (Lipinski definition) is 1. The fourth-order valence-corrected chi connectivity index (χ4v) is 4.11. The molecule has 0 aliphatic heterocycles. The normalized spacial score (nSPS) is 11.1. The molecule has 0 fully saturated rings. The Bertz CT molecular complexity index is 1750. The average molecular weight is 499 g/mol. The Hall–Kier alpha value is -5.11. The van der Waals surface area contributed by atoms with E-state index in [-0.39, 0.29) is 11.4 Å². The molecule has 5 aromatic rings. The number of nitrogens with one attached hydrogen (secondary N) is 1. The molecule has 5 rings (SSSR count). The second kappa shape index (κ2) is 9.50. The Morgan fingerprint density at radius 2 is 2.00 bits per heavy atom. The number of esters is 1. The molecule has 0 aliphatic rings. The third-order valence-corrected chi connectivity index (χ3v) is 6.11. The minimum atomic E-state index is -0.812. The highest BCUT2D eigenvalue weighted by atomic mass is 16.5. The molecule has 11 nitrogen and oxygen atoms in total. The van der Waals surface area contributed by atoms with Gasteiger partial charge in [-0.15, -0.1) is 0 Å². The number of fused-ring (bicyclic) bond motifs is 3. The fourth-order valence-electron chi connectivity index (χ4n) is 4.11.